The number of likely N-dealkylation sites (tertiary alicyclic amines) is 1. The molecule has 0 N–H and O–H groups in total. The summed E-state index contributed by atoms with van der Waals surface area (Å²) in [4.78, 5) is 29.5. The van der Waals surface area contributed by atoms with E-state index in [-0.39, 0.29) is 5.97 Å². The topological polar surface area (TPSA) is 71.5 Å². The van der Waals surface area contributed by atoms with Crippen LogP contribution in [0.15, 0.2) is 36.8 Å². The molecule has 0 unspecified atom stereocenters. The third-order valence-electron chi connectivity index (χ3n) is 5.10. The molecular formula is C19H23N5O2. The Kier molecular flexibility index (Phi) is 4.55. The molecule has 136 valence electrons. The van der Waals surface area contributed by atoms with Gasteiger partial charge < -0.3 is 9.64 Å². The van der Waals surface area contributed by atoms with Gasteiger partial charge in [-0.3, -0.25) is 9.88 Å². The first-order chi connectivity index (χ1) is 12.7. The molecular weight excluding hydrogens is 330 g/mol. The second kappa shape index (κ2) is 6.99. The van der Waals surface area contributed by atoms with Gasteiger partial charge in [-0.05, 0) is 25.5 Å². The zero-order chi connectivity index (χ0) is 18.0. The molecule has 2 aromatic rings. The minimum absolute atomic E-state index is 0.331. The number of nitrogens with zero attached hydrogens (tertiary/aromatic N) is 5. The SMILES string of the molecule is CCOC(=O)c1cnc(N2CCC3(CN(Cc4ccccn4)C3)C2)nc1. The van der Waals surface area contributed by atoms with Crippen LogP contribution < -0.4 is 4.90 Å². The van der Waals surface area contributed by atoms with Crippen molar-refractivity contribution in [2.75, 3.05) is 37.7 Å². The predicted molar refractivity (Wildman–Crippen MR) is 96.8 cm³/mol. The van der Waals surface area contributed by atoms with Crippen molar-refractivity contribution < 1.29 is 9.53 Å². The van der Waals surface area contributed by atoms with Crippen molar-refractivity contribution in [1.82, 2.24) is 19.9 Å². The monoisotopic (exact) mass is 353 g/mol. The molecule has 2 aliphatic rings. The van der Waals surface area contributed by atoms with Crippen molar-refractivity contribution in [1.29, 1.82) is 0 Å². The average Bonchev–Trinajstić information content (AvgIpc) is 3.08. The normalized spacial score (nSPS) is 18.7. The summed E-state index contributed by atoms with van der Waals surface area (Å²) < 4.78 is 4.97. The molecule has 0 atom stereocenters. The minimum atomic E-state index is -0.374. The van der Waals surface area contributed by atoms with Gasteiger partial charge in [-0.25, -0.2) is 14.8 Å². The predicted octanol–water partition coefficient (Wildman–Crippen LogP) is 1.76. The molecule has 0 saturated carbocycles. The molecule has 7 nitrogen and oxygen atoms in total. The van der Waals surface area contributed by atoms with E-state index in [9.17, 15) is 4.79 Å². The van der Waals surface area contributed by atoms with E-state index in [1.807, 2.05) is 18.3 Å². The van der Waals surface area contributed by atoms with Crippen molar-refractivity contribution in [3.8, 4) is 0 Å². The number of hydrogen-bond donors (Lipinski definition) is 0. The second-order valence-corrected chi connectivity index (χ2v) is 7.13. The van der Waals surface area contributed by atoms with E-state index in [0.29, 0.717) is 23.5 Å². The number of aromatic nitrogens is 3. The van der Waals surface area contributed by atoms with Gasteiger partial charge in [0.1, 0.15) is 0 Å². The van der Waals surface area contributed by atoms with Crippen LogP contribution in [-0.2, 0) is 11.3 Å². The molecule has 1 spiro atoms. The number of carbonyl (C=O) groups excluding carboxylic acids is 1. The number of ether oxygens (including phenoxy) is 1. The summed E-state index contributed by atoms with van der Waals surface area (Å²) in [6, 6.07) is 6.06. The van der Waals surface area contributed by atoms with E-state index in [0.717, 1.165) is 44.8 Å². The summed E-state index contributed by atoms with van der Waals surface area (Å²) >= 11 is 0. The average molecular weight is 353 g/mol. The van der Waals surface area contributed by atoms with Crippen molar-refractivity contribution in [3.63, 3.8) is 0 Å². The molecule has 2 aliphatic heterocycles. The van der Waals surface area contributed by atoms with Gasteiger partial charge in [-0.1, -0.05) is 6.07 Å². The first-order valence-electron chi connectivity index (χ1n) is 9.04. The fourth-order valence-electron chi connectivity index (χ4n) is 3.90. The standard InChI is InChI=1S/C19H23N5O2/c1-2-26-17(25)15-9-21-18(22-10-15)24-8-6-19(14-24)12-23(13-19)11-16-5-3-4-7-20-16/h3-5,7,9-10H,2,6,8,11-14H2,1H3. The maximum atomic E-state index is 11.7. The van der Waals surface area contributed by atoms with E-state index < -0.39 is 0 Å². The number of esters is 1. The summed E-state index contributed by atoms with van der Waals surface area (Å²) in [6.07, 6.45) is 6.10. The highest BCUT2D eigenvalue weighted by Gasteiger charge is 2.47. The van der Waals surface area contributed by atoms with Crippen molar-refractivity contribution >= 4 is 11.9 Å². The van der Waals surface area contributed by atoms with Gasteiger partial charge in [-0.2, -0.15) is 0 Å². The molecule has 0 bridgehead atoms. The van der Waals surface area contributed by atoms with Gasteiger partial charge in [0.05, 0.1) is 17.9 Å². The Balaban J connectivity index is 1.32. The first-order valence-corrected chi connectivity index (χ1v) is 9.04. The summed E-state index contributed by atoms with van der Waals surface area (Å²) in [5, 5.41) is 0. The van der Waals surface area contributed by atoms with E-state index in [1.54, 1.807) is 19.3 Å². The van der Waals surface area contributed by atoms with E-state index >= 15 is 0 Å². The molecule has 0 aliphatic carbocycles. The maximum Gasteiger partial charge on any atom is 0.341 e. The van der Waals surface area contributed by atoms with Gasteiger partial charge in [-0.15, -0.1) is 0 Å². The highest BCUT2D eigenvalue weighted by Crippen LogP contribution is 2.40. The largest absolute Gasteiger partial charge is 0.462 e. The van der Waals surface area contributed by atoms with Crippen LogP contribution in [0.4, 0.5) is 5.95 Å². The molecule has 2 aromatic heterocycles. The fraction of sp³-hybridized carbons (Fsp3) is 0.474. The zero-order valence-electron chi connectivity index (χ0n) is 15.0. The molecule has 4 rings (SSSR count). The Bertz CT molecular complexity index is 759. The molecule has 26 heavy (non-hydrogen) atoms. The molecule has 7 heteroatoms. The van der Waals surface area contributed by atoms with Crippen LogP contribution in [0.2, 0.25) is 0 Å². The Labute approximate surface area is 153 Å². The lowest BCUT2D eigenvalue weighted by Crippen LogP contribution is -2.57. The van der Waals surface area contributed by atoms with Crippen LogP contribution in [0.1, 0.15) is 29.4 Å². The first kappa shape index (κ1) is 16.9. The molecule has 2 saturated heterocycles. The quantitative estimate of drug-likeness (QED) is 0.759. The third kappa shape index (κ3) is 3.39. The van der Waals surface area contributed by atoms with Gasteiger partial charge in [0.2, 0.25) is 5.95 Å². The van der Waals surface area contributed by atoms with E-state index in [1.165, 1.54) is 0 Å². The smallest absolute Gasteiger partial charge is 0.341 e. The number of hydrogen-bond acceptors (Lipinski definition) is 7. The Morgan fingerprint density at radius 1 is 1.19 bits per heavy atom. The second-order valence-electron chi connectivity index (χ2n) is 7.13. The lowest BCUT2D eigenvalue weighted by molar-refractivity contribution is 0.0107. The highest BCUT2D eigenvalue weighted by molar-refractivity contribution is 5.88. The van der Waals surface area contributed by atoms with E-state index in [4.69, 9.17) is 4.74 Å². The summed E-state index contributed by atoms with van der Waals surface area (Å²) in [6.45, 7) is 7.13. The molecule has 0 aromatic carbocycles. The number of carbonyl (C=O) groups is 1. The number of pyridine rings is 1. The van der Waals surface area contributed by atoms with Crippen LogP contribution in [0.25, 0.3) is 0 Å². The zero-order valence-corrected chi connectivity index (χ0v) is 15.0. The van der Waals surface area contributed by atoms with Crippen LogP contribution in [-0.4, -0.2) is 58.6 Å². The number of rotatable bonds is 5. The van der Waals surface area contributed by atoms with Crippen LogP contribution in [0.5, 0.6) is 0 Å². The third-order valence-corrected chi connectivity index (χ3v) is 5.10. The van der Waals surface area contributed by atoms with Crippen molar-refractivity contribution in [2.45, 2.75) is 19.9 Å². The minimum Gasteiger partial charge on any atom is -0.462 e. The van der Waals surface area contributed by atoms with Gasteiger partial charge in [0.15, 0.2) is 0 Å². The summed E-state index contributed by atoms with van der Waals surface area (Å²) in [7, 11) is 0. The Morgan fingerprint density at radius 3 is 2.69 bits per heavy atom. The fourth-order valence-corrected chi connectivity index (χ4v) is 3.90. The Hall–Kier alpha value is -2.54. The van der Waals surface area contributed by atoms with Crippen molar-refractivity contribution in [3.05, 3.63) is 48.0 Å². The van der Waals surface area contributed by atoms with Crippen LogP contribution >= 0.6 is 0 Å². The van der Waals surface area contributed by atoms with Crippen LogP contribution in [0.3, 0.4) is 0 Å². The lowest BCUT2D eigenvalue weighted by atomic mass is 9.79. The maximum absolute atomic E-state index is 11.7. The molecule has 2 fully saturated rings. The summed E-state index contributed by atoms with van der Waals surface area (Å²) in [5.74, 6) is 0.319. The van der Waals surface area contributed by atoms with Crippen molar-refractivity contribution in [2.24, 2.45) is 5.41 Å². The van der Waals surface area contributed by atoms with Gasteiger partial charge >= 0.3 is 5.97 Å². The number of anilines is 1. The van der Waals surface area contributed by atoms with E-state index in [2.05, 4.69) is 30.8 Å². The highest BCUT2D eigenvalue weighted by atomic mass is 16.5. The molecule has 4 heterocycles. The Morgan fingerprint density at radius 2 is 2.00 bits per heavy atom. The van der Waals surface area contributed by atoms with Gasteiger partial charge in [0, 0.05) is 56.7 Å². The lowest BCUT2D eigenvalue weighted by Gasteiger charge is -2.48. The van der Waals surface area contributed by atoms with Gasteiger partial charge in [0.25, 0.3) is 0 Å². The van der Waals surface area contributed by atoms with Crippen LogP contribution in [0, 0.1) is 5.41 Å². The molecule has 0 radical (unpaired) electrons. The summed E-state index contributed by atoms with van der Waals surface area (Å²) in [5.41, 5.74) is 1.85. The molecule has 0 amide bonds.